The number of hydrogen-bond acceptors (Lipinski definition) is 4. The van der Waals surface area contributed by atoms with Crippen LogP contribution in [-0.4, -0.2) is 61.7 Å². The molecule has 7 nitrogen and oxygen atoms in total. The Morgan fingerprint density at radius 1 is 1.00 bits per heavy atom. The Labute approximate surface area is 167 Å². The smallest absolute Gasteiger partial charge is 0.254 e. The van der Waals surface area contributed by atoms with E-state index in [0.29, 0.717) is 18.5 Å². The molecule has 2 heterocycles. The minimum atomic E-state index is -3.60. The molecule has 0 saturated carbocycles. The largest absolute Gasteiger partial charge is 0.341 e. The van der Waals surface area contributed by atoms with Gasteiger partial charge in [-0.15, -0.1) is 0 Å². The Hall–Kier alpha value is -1.93. The summed E-state index contributed by atoms with van der Waals surface area (Å²) in [4.78, 5) is 29.6. The molecule has 2 aliphatic rings. The van der Waals surface area contributed by atoms with Gasteiger partial charge >= 0.3 is 0 Å². The summed E-state index contributed by atoms with van der Waals surface area (Å²) in [5.41, 5.74) is 0.407. The lowest BCUT2D eigenvalue weighted by Gasteiger charge is -2.36. The first-order valence-corrected chi connectivity index (χ1v) is 11.5. The van der Waals surface area contributed by atoms with Gasteiger partial charge in [0.25, 0.3) is 5.91 Å². The minimum Gasteiger partial charge on any atom is -0.341 e. The van der Waals surface area contributed by atoms with Crippen molar-refractivity contribution >= 4 is 21.8 Å². The van der Waals surface area contributed by atoms with Crippen LogP contribution in [0.5, 0.6) is 0 Å². The molecule has 1 atom stereocenters. The molecule has 2 amide bonds. The highest BCUT2D eigenvalue weighted by molar-refractivity contribution is 7.89. The first-order chi connectivity index (χ1) is 13.3. The Bertz CT molecular complexity index is 814. The Morgan fingerprint density at radius 3 is 2.21 bits per heavy atom. The number of likely N-dealkylation sites (tertiary alicyclic amines) is 2. The van der Waals surface area contributed by atoms with Gasteiger partial charge in [0.05, 0.1) is 4.90 Å². The second kappa shape index (κ2) is 8.61. The number of rotatable bonds is 5. The Morgan fingerprint density at radius 2 is 1.61 bits per heavy atom. The zero-order valence-corrected chi connectivity index (χ0v) is 17.4. The van der Waals surface area contributed by atoms with Gasteiger partial charge < -0.3 is 9.80 Å². The van der Waals surface area contributed by atoms with Crippen LogP contribution in [-0.2, 0) is 14.8 Å². The molecule has 0 aromatic heterocycles. The summed E-state index contributed by atoms with van der Waals surface area (Å²) in [6.07, 6.45) is 4.54. The van der Waals surface area contributed by atoms with Crippen molar-refractivity contribution in [3.05, 3.63) is 29.8 Å². The van der Waals surface area contributed by atoms with E-state index in [2.05, 4.69) is 4.72 Å². The van der Waals surface area contributed by atoms with Gasteiger partial charge in [0.15, 0.2) is 0 Å². The van der Waals surface area contributed by atoms with Gasteiger partial charge in [-0.3, -0.25) is 9.59 Å². The highest BCUT2D eigenvalue weighted by Crippen LogP contribution is 2.23. The predicted octanol–water partition coefficient (Wildman–Crippen LogP) is 1.99. The molecule has 0 aliphatic carbocycles. The fourth-order valence-corrected chi connectivity index (χ4v) is 5.15. The van der Waals surface area contributed by atoms with Crippen LogP contribution in [0.4, 0.5) is 0 Å². The molecule has 1 N–H and O–H groups in total. The third-order valence-electron chi connectivity index (χ3n) is 5.27. The van der Waals surface area contributed by atoms with Gasteiger partial charge in [-0.2, -0.15) is 0 Å². The third-order valence-corrected chi connectivity index (χ3v) is 6.94. The lowest BCUT2D eigenvalue weighted by atomic mass is 9.99. The summed E-state index contributed by atoms with van der Waals surface area (Å²) >= 11 is 0. The van der Waals surface area contributed by atoms with E-state index in [1.165, 1.54) is 24.3 Å². The number of benzene rings is 1. The SMILES string of the molecule is CC(C)NS(=O)(=O)c1ccc(C(=O)N2CCCC[C@H]2C(=O)N2CCCC2)cc1. The average molecular weight is 408 g/mol. The van der Waals surface area contributed by atoms with Crippen LogP contribution in [0.25, 0.3) is 0 Å². The minimum absolute atomic E-state index is 0.0471. The van der Waals surface area contributed by atoms with Crippen LogP contribution in [0.1, 0.15) is 56.3 Å². The van der Waals surface area contributed by atoms with Gasteiger partial charge in [0.2, 0.25) is 15.9 Å². The van der Waals surface area contributed by atoms with Gasteiger partial charge in [-0.25, -0.2) is 13.1 Å². The van der Waals surface area contributed by atoms with E-state index in [4.69, 9.17) is 0 Å². The fraction of sp³-hybridized carbons (Fsp3) is 0.600. The summed E-state index contributed by atoms with van der Waals surface area (Å²) in [5, 5.41) is 0. The molecule has 8 heteroatoms. The number of piperidine rings is 1. The molecule has 2 aliphatic heterocycles. The summed E-state index contributed by atoms with van der Waals surface area (Å²) in [6.45, 7) is 5.60. The monoisotopic (exact) mass is 407 g/mol. The molecular formula is C20H29N3O4S. The second-order valence-corrected chi connectivity index (χ2v) is 9.56. The van der Waals surface area contributed by atoms with E-state index in [1.807, 2.05) is 4.90 Å². The molecule has 0 unspecified atom stereocenters. The Balaban J connectivity index is 1.76. The van der Waals surface area contributed by atoms with Crippen LogP contribution >= 0.6 is 0 Å². The lowest BCUT2D eigenvalue weighted by Crippen LogP contribution is -2.52. The van der Waals surface area contributed by atoms with Crippen LogP contribution in [0.2, 0.25) is 0 Å². The zero-order chi connectivity index (χ0) is 20.3. The number of nitrogens with zero attached hydrogens (tertiary/aromatic N) is 2. The molecule has 0 radical (unpaired) electrons. The van der Waals surface area contributed by atoms with E-state index in [1.54, 1.807) is 18.7 Å². The van der Waals surface area contributed by atoms with Gasteiger partial charge in [0.1, 0.15) is 6.04 Å². The predicted molar refractivity (Wildman–Crippen MR) is 106 cm³/mol. The van der Waals surface area contributed by atoms with Crippen molar-refractivity contribution < 1.29 is 18.0 Å². The van der Waals surface area contributed by atoms with Crippen molar-refractivity contribution in [3.63, 3.8) is 0 Å². The summed E-state index contributed by atoms with van der Waals surface area (Å²) in [5.74, 6) is -0.163. The van der Waals surface area contributed by atoms with Crippen LogP contribution in [0.3, 0.4) is 0 Å². The summed E-state index contributed by atoms with van der Waals surface area (Å²) in [7, 11) is -3.60. The quantitative estimate of drug-likeness (QED) is 0.809. The van der Waals surface area contributed by atoms with Crippen LogP contribution in [0, 0.1) is 0 Å². The van der Waals surface area contributed by atoms with E-state index in [9.17, 15) is 18.0 Å². The lowest BCUT2D eigenvalue weighted by molar-refractivity contribution is -0.136. The zero-order valence-electron chi connectivity index (χ0n) is 16.6. The molecule has 28 heavy (non-hydrogen) atoms. The van der Waals surface area contributed by atoms with E-state index >= 15 is 0 Å². The van der Waals surface area contributed by atoms with Crippen molar-refractivity contribution in [2.24, 2.45) is 0 Å². The van der Waals surface area contributed by atoms with Gasteiger partial charge in [-0.05, 0) is 70.2 Å². The maximum atomic E-state index is 13.1. The fourth-order valence-electron chi connectivity index (χ4n) is 3.90. The highest BCUT2D eigenvalue weighted by Gasteiger charge is 2.35. The van der Waals surface area contributed by atoms with Crippen molar-refractivity contribution in [2.45, 2.75) is 62.9 Å². The number of sulfonamides is 1. The van der Waals surface area contributed by atoms with Crippen LogP contribution in [0.15, 0.2) is 29.2 Å². The molecule has 1 aromatic rings. The number of carbonyl (C=O) groups excluding carboxylic acids is 2. The van der Waals surface area contributed by atoms with Crippen molar-refractivity contribution in [1.29, 1.82) is 0 Å². The molecule has 1 aromatic carbocycles. The standard InChI is InChI=1S/C20H29N3O4S/c1-15(2)21-28(26,27)17-10-8-16(9-11-17)19(24)23-14-4-3-7-18(23)20(25)22-12-5-6-13-22/h8-11,15,18,21H,3-7,12-14H2,1-2H3/t18-/m0/s1. The van der Waals surface area contributed by atoms with E-state index in [0.717, 1.165) is 38.8 Å². The number of hydrogen-bond donors (Lipinski definition) is 1. The highest BCUT2D eigenvalue weighted by atomic mass is 32.2. The molecule has 154 valence electrons. The second-order valence-electron chi connectivity index (χ2n) is 7.84. The summed E-state index contributed by atoms with van der Waals surface area (Å²) < 4.78 is 27.0. The summed E-state index contributed by atoms with van der Waals surface area (Å²) in [6, 6.07) is 5.33. The molecule has 3 rings (SSSR count). The van der Waals surface area contributed by atoms with Crippen LogP contribution < -0.4 is 4.72 Å². The van der Waals surface area contributed by atoms with Crippen molar-refractivity contribution in [2.75, 3.05) is 19.6 Å². The maximum absolute atomic E-state index is 13.1. The van der Waals surface area contributed by atoms with Gasteiger partial charge in [0, 0.05) is 31.2 Å². The Kier molecular flexibility index (Phi) is 6.40. The third kappa shape index (κ3) is 4.55. The molecule has 2 fully saturated rings. The average Bonchev–Trinajstić information content (AvgIpc) is 3.21. The molecular weight excluding hydrogens is 378 g/mol. The number of amides is 2. The van der Waals surface area contributed by atoms with Gasteiger partial charge in [-0.1, -0.05) is 0 Å². The molecule has 2 saturated heterocycles. The first-order valence-electron chi connectivity index (χ1n) is 10.0. The molecule has 0 bridgehead atoms. The normalized spacial score (nSPS) is 20.6. The number of carbonyl (C=O) groups is 2. The first kappa shape index (κ1) is 20.8. The number of nitrogens with one attached hydrogen (secondary N) is 1. The van der Waals surface area contributed by atoms with Crippen molar-refractivity contribution in [3.8, 4) is 0 Å². The van der Waals surface area contributed by atoms with E-state index < -0.39 is 16.1 Å². The maximum Gasteiger partial charge on any atom is 0.254 e. The topological polar surface area (TPSA) is 86.8 Å². The molecule has 0 spiro atoms. The van der Waals surface area contributed by atoms with E-state index in [-0.39, 0.29) is 22.8 Å². The van der Waals surface area contributed by atoms with Crippen molar-refractivity contribution in [1.82, 2.24) is 14.5 Å².